The van der Waals surface area contributed by atoms with Crippen molar-refractivity contribution in [3.8, 4) is 0 Å². The normalized spacial score (nSPS) is 24.3. The molecule has 2 heterocycles. The summed E-state index contributed by atoms with van der Waals surface area (Å²) in [4.78, 5) is 4.71. The maximum atomic E-state index is 6.41. The van der Waals surface area contributed by atoms with Gasteiger partial charge >= 0.3 is 0 Å². The van der Waals surface area contributed by atoms with Crippen molar-refractivity contribution in [1.82, 2.24) is 19.6 Å². The Morgan fingerprint density at radius 3 is 2.94 bits per heavy atom. The van der Waals surface area contributed by atoms with Gasteiger partial charge in [-0.2, -0.15) is 5.10 Å². The van der Waals surface area contributed by atoms with Gasteiger partial charge in [0.25, 0.3) is 0 Å². The molecular weight excluding hydrogens is 226 g/mol. The molecule has 5 heteroatoms. The molecule has 2 N–H and O–H groups in total. The lowest BCUT2D eigenvalue weighted by atomic mass is 10.00. The van der Waals surface area contributed by atoms with Crippen molar-refractivity contribution in [3.63, 3.8) is 0 Å². The van der Waals surface area contributed by atoms with E-state index in [4.69, 9.17) is 5.73 Å². The van der Waals surface area contributed by atoms with E-state index >= 15 is 0 Å². The Hall–Kier alpha value is -0.910. The molecule has 1 aliphatic heterocycles. The molecule has 2 rings (SSSR count). The monoisotopic (exact) mass is 251 g/mol. The van der Waals surface area contributed by atoms with Gasteiger partial charge in [-0.15, -0.1) is 0 Å². The average Bonchev–Trinajstić information content (AvgIpc) is 2.80. The Balaban J connectivity index is 2.06. The molecule has 1 aromatic heterocycles. The van der Waals surface area contributed by atoms with E-state index in [2.05, 4.69) is 42.1 Å². The second-order valence-corrected chi connectivity index (χ2v) is 5.37. The second-order valence-electron chi connectivity index (χ2n) is 5.37. The minimum Gasteiger partial charge on any atom is -0.323 e. The number of hydrogen-bond acceptors (Lipinski definition) is 4. The Morgan fingerprint density at radius 2 is 2.22 bits per heavy atom. The van der Waals surface area contributed by atoms with Gasteiger partial charge in [0.2, 0.25) is 0 Å². The molecule has 2 atom stereocenters. The highest BCUT2D eigenvalue weighted by atomic mass is 15.3. The van der Waals surface area contributed by atoms with Gasteiger partial charge in [0.15, 0.2) is 0 Å². The fourth-order valence-corrected chi connectivity index (χ4v) is 2.56. The fraction of sp³-hybridized carbons (Fsp3) is 0.769. The molecule has 2 unspecified atom stereocenters. The van der Waals surface area contributed by atoms with Crippen LogP contribution in [0, 0.1) is 0 Å². The zero-order chi connectivity index (χ0) is 13.1. The molecule has 1 aromatic rings. The largest absolute Gasteiger partial charge is 0.323 e. The smallest absolute Gasteiger partial charge is 0.0538 e. The molecule has 1 aliphatic rings. The van der Waals surface area contributed by atoms with Crippen molar-refractivity contribution < 1.29 is 0 Å². The highest BCUT2D eigenvalue weighted by Gasteiger charge is 2.29. The Labute approximate surface area is 110 Å². The second kappa shape index (κ2) is 5.82. The molecule has 0 saturated carbocycles. The Morgan fingerprint density at radius 1 is 1.44 bits per heavy atom. The van der Waals surface area contributed by atoms with Gasteiger partial charge in [-0.25, -0.2) is 0 Å². The van der Waals surface area contributed by atoms with Crippen molar-refractivity contribution in [2.75, 3.05) is 33.7 Å². The predicted octanol–water partition coefficient (Wildman–Crippen LogP) is 0.539. The predicted molar refractivity (Wildman–Crippen MR) is 73.4 cm³/mol. The molecule has 102 valence electrons. The molecule has 0 bridgehead atoms. The van der Waals surface area contributed by atoms with E-state index in [0.29, 0.717) is 6.04 Å². The number of rotatable bonds is 4. The summed E-state index contributed by atoms with van der Waals surface area (Å²) < 4.78 is 1.99. The third-order valence-corrected chi connectivity index (χ3v) is 3.80. The summed E-state index contributed by atoms with van der Waals surface area (Å²) in [5, 5.41) is 4.37. The van der Waals surface area contributed by atoms with Gasteiger partial charge in [-0.05, 0) is 20.5 Å². The van der Waals surface area contributed by atoms with Gasteiger partial charge in [0.05, 0.1) is 6.20 Å². The SMILES string of the molecule is CCCn1cc(C(N)C2CN(C)CCN2C)cn1. The van der Waals surface area contributed by atoms with E-state index in [1.54, 1.807) is 0 Å². The number of hydrogen-bond donors (Lipinski definition) is 1. The first-order chi connectivity index (χ1) is 8.61. The standard InChI is InChI=1S/C13H25N5/c1-4-5-18-9-11(8-15-18)13(14)12-10-16(2)6-7-17(12)3/h8-9,12-13H,4-7,10,14H2,1-3H3. The van der Waals surface area contributed by atoms with Crippen molar-refractivity contribution >= 4 is 0 Å². The molecule has 0 aromatic carbocycles. The van der Waals surface area contributed by atoms with Gasteiger partial charge in [0.1, 0.15) is 0 Å². The van der Waals surface area contributed by atoms with E-state index in [0.717, 1.165) is 38.2 Å². The van der Waals surface area contributed by atoms with Crippen LogP contribution in [0.25, 0.3) is 0 Å². The number of nitrogens with two attached hydrogens (primary N) is 1. The first kappa shape index (κ1) is 13.5. The van der Waals surface area contributed by atoms with Gasteiger partial charge in [-0.1, -0.05) is 6.92 Å². The van der Waals surface area contributed by atoms with Crippen molar-refractivity contribution in [2.24, 2.45) is 5.73 Å². The van der Waals surface area contributed by atoms with Crippen LogP contribution in [0.2, 0.25) is 0 Å². The third-order valence-electron chi connectivity index (χ3n) is 3.80. The quantitative estimate of drug-likeness (QED) is 0.848. The van der Waals surface area contributed by atoms with Crippen LogP contribution in [-0.2, 0) is 6.54 Å². The van der Waals surface area contributed by atoms with Crippen LogP contribution in [0.3, 0.4) is 0 Å². The van der Waals surface area contributed by atoms with Crippen LogP contribution in [0.15, 0.2) is 12.4 Å². The molecular formula is C13H25N5. The summed E-state index contributed by atoms with van der Waals surface area (Å²) in [6.07, 6.45) is 5.11. The topological polar surface area (TPSA) is 50.3 Å². The zero-order valence-electron chi connectivity index (χ0n) is 11.7. The minimum atomic E-state index is 0.0448. The van der Waals surface area contributed by atoms with Crippen molar-refractivity contribution in [1.29, 1.82) is 0 Å². The van der Waals surface area contributed by atoms with Crippen LogP contribution < -0.4 is 5.73 Å². The number of piperazine rings is 1. The van der Waals surface area contributed by atoms with Gasteiger partial charge in [0, 0.05) is 50.0 Å². The summed E-state index contributed by atoms with van der Waals surface area (Å²) >= 11 is 0. The molecule has 18 heavy (non-hydrogen) atoms. The van der Waals surface area contributed by atoms with E-state index in [1.165, 1.54) is 0 Å². The van der Waals surface area contributed by atoms with Crippen LogP contribution in [0.4, 0.5) is 0 Å². The van der Waals surface area contributed by atoms with Crippen LogP contribution in [0.5, 0.6) is 0 Å². The molecule has 0 aliphatic carbocycles. The highest BCUT2D eigenvalue weighted by molar-refractivity contribution is 5.13. The maximum absolute atomic E-state index is 6.41. The summed E-state index contributed by atoms with van der Waals surface area (Å²) in [6, 6.07) is 0.423. The first-order valence-corrected chi connectivity index (χ1v) is 6.78. The number of aryl methyl sites for hydroxylation is 1. The fourth-order valence-electron chi connectivity index (χ4n) is 2.56. The highest BCUT2D eigenvalue weighted by Crippen LogP contribution is 2.20. The maximum Gasteiger partial charge on any atom is 0.0538 e. The van der Waals surface area contributed by atoms with E-state index in [9.17, 15) is 0 Å². The van der Waals surface area contributed by atoms with Crippen molar-refractivity contribution in [3.05, 3.63) is 18.0 Å². The number of likely N-dealkylation sites (N-methyl/N-ethyl adjacent to an activating group) is 2. The molecule has 1 saturated heterocycles. The number of nitrogens with zero attached hydrogens (tertiary/aromatic N) is 4. The van der Waals surface area contributed by atoms with Crippen LogP contribution in [-0.4, -0.2) is 59.4 Å². The Kier molecular flexibility index (Phi) is 4.37. The third kappa shape index (κ3) is 2.91. The molecule has 5 nitrogen and oxygen atoms in total. The van der Waals surface area contributed by atoms with Gasteiger partial charge < -0.3 is 10.6 Å². The Bertz CT molecular complexity index is 375. The number of aromatic nitrogens is 2. The lowest BCUT2D eigenvalue weighted by molar-refractivity contribution is 0.0974. The lowest BCUT2D eigenvalue weighted by Gasteiger charge is -2.40. The van der Waals surface area contributed by atoms with Crippen LogP contribution in [0.1, 0.15) is 24.9 Å². The minimum absolute atomic E-state index is 0.0448. The zero-order valence-corrected chi connectivity index (χ0v) is 11.7. The van der Waals surface area contributed by atoms with Gasteiger partial charge in [-0.3, -0.25) is 9.58 Å². The molecule has 1 fully saturated rings. The summed E-state index contributed by atoms with van der Waals surface area (Å²) in [6.45, 7) is 6.35. The average molecular weight is 251 g/mol. The first-order valence-electron chi connectivity index (χ1n) is 6.78. The molecule has 0 amide bonds. The summed E-state index contributed by atoms with van der Waals surface area (Å²) in [5.74, 6) is 0. The summed E-state index contributed by atoms with van der Waals surface area (Å²) in [5.41, 5.74) is 7.56. The van der Waals surface area contributed by atoms with E-state index < -0.39 is 0 Å². The van der Waals surface area contributed by atoms with Crippen LogP contribution >= 0.6 is 0 Å². The molecule has 0 radical (unpaired) electrons. The lowest BCUT2D eigenvalue weighted by Crippen LogP contribution is -2.54. The molecule has 0 spiro atoms. The summed E-state index contributed by atoms with van der Waals surface area (Å²) in [7, 11) is 4.32. The van der Waals surface area contributed by atoms with E-state index in [-0.39, 0.29) is 6.04 Å². The van der Waals surface area contributed by atoms with Crippen molar-refractivity contribution in [2.45, 2.75) is 32.0 Å². The van der Waals surface area contributed by atoms with E-state index in [1.807, 2.05) is 10.9 Å².